The second-order valence-corrected chi connectivity index (χ2v) is 23.1. The largest absolute Gasteiger partial charge is 0.391 e. The average Bonchev–Trinajstić information content (AvgIpc) is 3.59. The Kier molecular flexibility index (Phi) is 35.4. The molecule has 1 aromatic rings. The number of ketones is 3. The molecule has 1 fully saturated rings. The van der Waals surface area contributed by atoms with E-state index in [0.717, 1.165) is 31.4 Å². The summed E-state index contributed by atoms with van der Waals surface area (Å²) in [6.07, 6.45) is -1.84. The minimum Gasteiger partial charge on any atom is -0.391 e. The van der Waals surface area contributed by atoms with Gasteiger partial charge in [-0.15, -0.1) is 0 Å². The summed E-state index contributed by atoms with van der Waals surface area (Å²) in [6.45, 7) is 9.20. The molecule has 0 aromatic heterocycles. The molecule has 8 amide bonds. The summed E-state index contributed by atoms with van der Waals surface area (Å²) in [5.41, 5.74) is 29.9. The Morgan fingerprint density at radius 1 is 0.640 bits per heavy atom. The van der Waals surface area contributed by atoms with Crippen molar-refractivity contribution in [3.63, 3.8) is 0 Å². The van der Waals surface area contributed by atoms with Gasteiger partial charge in [-0.3, -0.25) is 52.7 Å². The lowest BCUT2D eigenvalue weighted by molar-refractivity contribution is -0.137. The number of hydrogen-bond acceptors (Lipinski definition) is 18. The standard InChI is InChI=1S/C59H100FN13O13/c1-7-34(4)10-8-9-11-42(76)30-38(16-22-61)53(80)72-50(35(5)74)49(78)31-39(17-23-62)52(79)68-46-21-27-66-59(86)51(36(6)75)73-57(84)45(20-26-65)69-55(82)44(19-25-64)70-58(85)47(28-33(2)3)71-54(81)40(29-37-12-14-41(60)15-13-37)32-48(77)43(18-24-63)67-56(46)83/h12-15,33-36,38-40,43-47,50-51,74-75H,7-11,16-32,61-65H2,1-6H3,(H,66,86)(H,67,83)(H,68,79)(H,69,82)(H,70,85)(H,71,81)(H,72,80)(H,73,84)/t34-,35+,36+,38+,39+,40-,43-,44-,45-,46-,47-,50-,51-/m0/s1. The summed E-state index contributed by atoms with van der Waals surface area (Å²) in [5, 5.41) is 42.2. The maximum atomic E-state index is 14.6. The molecule has 1 aliphatic heterocycles. The van der Waals surface area contributed by atoms with Crippen molar-refractivity contribution in [3.8, 4) is 0 Å². The van der Waals surface area contributed by atoms with E-state index in [9.17, 15) is 67.3 Å². The van der Waals surface area contributed by atoms with Crippen LogP contribution < -0.4 is 71.2 Å². The molecule has 20 N–H and O–H groups in total. The van der Waals surface area contributed by atoms with Gasteiger partial charge in [-0.05, 0) is 134 Å². The number of nitrogens with two attached hydrogens (primary N) is 5. The van der Waals surface area contributed by atoms with Crippen molar-refractivity contribution in [2.24, 2.45) is 58.3 Å². The van der Waals surface area contributed by atoms with Gasteiger partial charge in [-0.1, -0.05) is 59.1 Å². The minimum absolute atomic E-state index is 0.0293. The quantitative estimate of drug-likeness (QED) is 0.0364. The fourth-order valence-electron chi connectivity index (χ4n) is 9.94. The summed E-state index contributed by atoms with van der Waals surface area (Å²) in [7, 11) is 0. The summed E-state index contributed by atoms with van der Waals surface area (Å²) in [5.74, 6) is -12.5. The molecule has 1 saturated heterocycles. The third kappa shape index (κ3) is 27.1. The Morgan fingerprint density at radius 3 is 1.71 bits per heavy atom. The molecule has 0 saturated carbocycles. The van der Waals surface area contributed by atoms with E-state index in [1.165, 1.54) is 26.0 Å². The smallest absolute Gasteiger partial charge is 0.245 e. The molecule has 0 bridgehead atoms. The highest BCUT2D eigenvalue weighted by Gasteiger charge is 2.38. The highest BCUT2D eigenvalue weighted by molar-refractivity contribution is 5.99. The van der Waals surface area contributed by atoms with Crippen molar-refractivity contribution in [3.05, 3.63) is 35.6 Å². The third-order valence-corrected chi connectivity index (χ3v) is 15.2. The maximum absolute atomic E-state index is 14.6. The number of nitrogens with one attached hydrogen (secondary N) is 8. The van der Waals surface area contributed by atoms with Crippen molar-refractivity contribution >= 4 is 64.6 Å². The van der Waals surface area contributed by atoms with Crippen LogP contribution in [0.1, 0.15) is 143 Å². The molecule has 26 nitrogen and oxygen atoms in total. The molecule has 27 heteroatoms. The molecule has 86 heavy (non-hydrogen) atoms. The summed E-state index contributed by atoms with van der Waals surface area (Å²) < 4.78 is 14.1. The number of aliphatic hydroxyl groups is 2. The SMILES string of the molecule is CC[C@H](C)CCCCC(=O)C[C@@H](CCN)C(=O)N[C@H](C(=O)C[C@@H](CCN)C(=O)N[C@H]1CCNC(=O)[C@H]([C@@H](C)O)NC(=O)[C@H](CCN)NC(=O)[C@H](CCN)NC(=O)[C@H](CC(C)C)NC(=O)[C@@H](Cc2ccc(F)cc2)CC(=O)[C@H](CCN)NC1=O)[C@@H](C)O. The van der Waals surface area contributed by atoms with Gasteiger partial charge in [0.15, 0.2) is 11.6 Å². The van der Waals surface area contributed by atoms with Gasteiger partial charge < -0.3 is 81.4 Å². The zero-order chi connectivity index (χ0) is 64.6. The van der Waals surface area contributed by atoms with Gasteiger partial charge >= 0.3 is 0 Å². The number of unbranched alkanes of at least 4 members (excludes halogenated alkanes) is 1. The normalized spacial score (nSPS) is 23.0. The summed E-state index contributed by atoms with van der Waals surface area (Å²) in [6, 6.07) is -5.29. The Bertz CT molecular complexity index is 2360. The van der Waals surface area contributed by atoms with E-state index < -0.39 is 163 Å². The maximum Gasteiger partial charge on any atom is 0.245 e. The first-order valence-corrected chi connectivity index (χ1v) is 30.3. The average molecular weight is 1220 g/mol. The van der Waals surface area contributed by atoms with Crippen LogP contribution in [0.4, 0.5) is 4.39 Å². The first-order valence-electron chi connectivity index (χ1n) is 30.3. The van der Waals surface area contributed by atoms with Crippen LogP contribution in [-0.2, 0) is 59.2 Å². The predicted molar refractivity (Wildman–Crippen MR) is 320 cm³/mol. The van der Waals surface area contributed by atoms with Crippen LogP contribution >= 0.6 is 0 Å². The number of amides is 8. The van der Waals surface area contributed by atoms with E-state index in [-0.39, 0.29) is 102 Å². The topological polar surface area (TPSA) is 455 Å². The molecule has 1 aliphatic rings. The predicted octanol–water partition coefficient (Wildman–Crippen LogP) is -1.83. The van der Waals surface area contributed by atoms with Gasteiger partial charge in [0.2, 0.25) is 47.3 Å². The molecular weight excluding hydrogens is 1120 g/mol. The van der Waals surface area contributed by atoms with Gasteiger partial charge in [-0.25, -0.2) is 4.39 Å². The summed E-state index contributed by atoms with van der Waals surface area (Å²) >= 11 is 0. The van der Waals surface area contributed by atoms with Gasteiger partial charge in [0.1, 0.15) is 47.9 Å². The zero-order valence-electron chi connectivity index (χ0n) is 51.1. The Hall–Kier alpha value is -6.36. The number of aliphatic hydroxyl groups excluding tert-OH is 2. The number of carbonyl (C=O) groups is 11. The second kappa shape index (κ2) is 40.2. The molecule has 0 radical (unpaired) electrons. The highest BCUT2D eigenvalue weighted by Crippen LogP contribution is 2.21. The number of halogens is 1. The van der Waals surface area contributed by atoms with Crippen LogP contribution in [0.3, 0.4) is 0 Å². The summed E-state index contributed by atoms with van der Waals surface area (Å²) in [4.78, 5) is 155. The lowest BCUT2D eigenvalue weighted by Crippen LogP contribution is -2.60. The fourth-order valence-corrected chi connectivity index (χ4v) is 9.94. The number of hydrogen-bond donors (Lipinski definition) is 15. The molecular formula is C59H100FN13O13. The Morgan fingerprint density at radius 2 is 1.17 bits per heavy atom. The van der Waals surface area contributed by atoms with Crippen molar-refractivity contribution in [1.82, 2.24) is 42.5 Å². The van der Waals surface area contributed by atoms with Gasteiger partial charge in [-0.2, -0.15) is 0 Å². The van der Waals surface area contributed by atoms with E-state index in [4.69, 9.17) is 28.7 Å². The monoisotopic (exact) mass is 1220 g/mol. The van der Waals surface area contributed by atoms with Crippen LogP contribution in [0.15, 0.2) is 24.3 Å². The van der Waals surface area contributed by atoms with Crippen molar-refractivity contribution in [2.45, 2.75) is 199 Å². The van der Waals surface area contributed by atoms with Crippen LogP contribution in [-0.4, -0.2) is 169 Å². The van der Waals surface area contributed by atoms with Crippen molar-refractivity contribution < 1.29 is 67.3 Å². The third-order valence-electron chi connectivity index (χ3n) is 15.2. The first kappa shape index (κ1) is 75.7. The van der Waals surface area contributed by atoms with Crippen LogP contribution in [0.5, 0.6) is 0 Å². The lowest BCUT2D eigenvalue weighted by atomic mass is 9.89. The van der Waals surface area contributed by atoms with E-state index in [1.54, 1.807) is 13.8 Å². The van der Waals surface area contributed by atoms with Crippen LogP contribution in [0, 0.1) is 35.4 Å². The second-order valence-electron chi connectivity index (χ2n) is 23.1. The van der Waals surface area contributed by atoms with Crippen LogP contribution in [0.25, 0.3) is 0 Å². The Labute approximate surface area is 504 Å². The molecule has 0 aliphatic carbocycles. The van der Waals surface area contributed by atoms with E-state index in [0.29, 0.717) is 17.9 Å². The molecule has 2 rings (SSSR count). The van der Waals surface area contributed by atoms with Crippen LogP contribution in [0.2, 0.25) is 0 Å². The minimum atomic E-state index is -1.68. The molecule has 0 spiro atoms. The zero-order valence-corrected chi connectivity index (χ0v) is 51.1. The molecule has 1 heterocycles. The first-order chi connectivity index (χ1) is 40.7. The van der Waals surface area contributed by atoms with Crippen molar-refractivity contribution in [1.29, 1.82) is 0 Å². The highest BCUT2D eigenvalue weighted by atomic mass is 19.1. The lowest BCUT2D eigenvalue weighted by Gasteiger charge is -2.28. The fraction of sp³-hybridized carbons (Fsp3) is 0.712. The molecule has 486 valence electrons. The van der Waals surface area contributed by atoms with E-state index in [1.807, 2.05) is 0 Å². The number of benzene rings is 1. The molecule has 1 aromatic carbocycles. The van der Waals surface area contributed by atoms with E-state index >= 15 is 0 Å². The number of rotatable bonds is 31. The van der Waals surface area contributed by atoms with Gasteiger partial charge in [0.05, 0.1) is 18.2 Å². The number of carbonyl (C=O) groups excluding carboxylic acids is 11. The van der Waals surface area contributed by atoms with E-state index in [2.05, 4.69) is 56.4 Å². The molecule has 0 unspecified atom stereocenters. The van der Waals surface area contributed by atoms with Gasteiger partial charge in [0.25, 0.3) is 0 Å². The van der Waals surface area contributed by atoms with Gasteiger partial charge in [0, 0.05) is 50.0 Å². The Balaban J connectivity index is 2.69. The number of Topliss-reactive ketones (excluding diaryl/α,β-unsaturated/α-hetero) is 3. The molecule has 13 atom stereocenters. The van der Waals surface area contributed by atoms with Crippen molar-refractivity contribution in [2.75, 3.05) is 39.3 Å².